The molecule has 1 aliphatic rings. The molecular weight excluding hydrogens is 288 g/mol. The minimum Gasteiger partial charge on any atom is -0.332 e. The van der Waals surface area contributed by atoms with Gasteiger partial charge in [0.15, 0.2) is 5.11 Å². The minimum absolute atomic E-state index is 0.790. The first kappa shape index (κ1) is 15.0. The van der Waals surface area contributed by atoms with Crippen LogP contribution in [0.25, 0.3) is 0 Å². The summed E-state index contributed by atoms with van der Waals surface area (Å²) in [5.74, 6) is 0. The van der Waals surface area contributed by atoms with Gasteiger partial charge in [-0.05, 0) is 74.7 Å². The number of rotatable bonds is 1. The van der Waals surface area contributed by atoms with Crippen LogP contribution in [0.3, 0.4) is 0 Å². The Morgan fingerprint density at radius 2 is 1.95 bits per heavy atom. The molecule has 1 aliphatic heterocycles. The number of nitrogens with one attached hydrogen (secondary N) is 1. The first-order valence-corrected chi connectivity index (χ1v) is 8.21. The summed E-state index contributed by atoms with van der Waals surface area (Å²) >= 11 is 5.68. The molecule has 2 aromatic carbocycles. The third-order valence-corrected chi connectivity index (χ3v) is 4.77. The van der Waals surface area contributed by atoms with Gasteiger partial charge in [-0.2, -0.15) is 0 Å². The highest BCUT2D eigenvalue weighted by Crippen LogP contribution is 2.29. The average Bonchev–Trinajstić information content (AvgIpc) is 2.51. The molecule has 3 rings (SSSR count). The molecule has 22 heavy (non-hydrogen) atoms. The fraction of sp³-hybridized carbons (Fsp3) is 0.316. The number of fused-ring (bicyclic) bond motifs is 1. The van der Waals surface area contributed by atoms with Gasteiger partial charge in [0.25, 0.3) is 0 Å². The van der Waals surface area contributed by atoms with Crippen molar-refractivity contribution >= 4 is 28.7 Å². The number of aryl methyl sites for hydroxylation is 3. The Balaban J connectivity index is 1.86. The van der Waals surface area contributed by atoms with Crippen LogP contribution in [0.4, 0.5) is 11.4 Å². The second-order valence-electron chi connectivity index (χ2n) is 6.06. The van der Waals surface area contributed by atoms with Crippen LogP contribution in [-0.2, 0) is 6.42 Å². The molecule has 0 fully saturated rings. The molecule has 1 N–H and O–H groups in total. The molecule has 0 atom stereocenters. The Kier molecular flexibility index (Phi) is 4.16. The zero-order valence-electron chi connectivity index (χ0n) is 13.4. The van der Waals surface area contributed by atoms with E-state index in [9.17, 15) is 0 Å². The Labute approximate surface area is 138 Å². The van der Waals surface area contributed by atoms with Crippen LogP contribution in [-0.4, -0.2) is 11.7 Å². The standard InChI is InChI=1S/C19H22N2S/c1-13-9-10-18-16(12-13)7-5-11-21(18)19(22)20-17-8-4-6-14(2)15(17)3/h4,6,8-10,12H,5,7,11H2,1-3H3,(H,20,22). The van der Waals surface area contributed by atoms with E-state index in [1.807, 2.05) is 0 Å². The predicted octanol–water partition coefficient (Wildman–Crippen LogP) is 4.76. The summed E-state index contributed by atoms with van der Waals surface area (Å²) in [6.07, 6.45) is 2.28. The fourth-order valence-electron chi connectivity index (χ4n) is 3.01. The lowest BCUT2D eigenvalue weighted by Crippen LogP contribution is -2.38. The highest BCUT2D eigenvalue weighted by atomic mass is 32.1. The number of hydrogen-bond donors (Lipinski definition) is 1. The van der Waals surface area contributed by atoms with Crippen molar-refractivity contribution in [1.82, 2.24) is 0 Å². The molecule has 3 heteroatoms. The highest BCUT2D eigenvalue weighted by molar-refractivity contribution is 7.80. The van der Waals surface area contributed by atoms with Gasteiger partial charge in [0.05, 0.1) is 0 Å². The lowest BCUT2D eigenvalue weighted by atomic mass is 10.00. The predicted molar refractivity (Wildman–Crippen MR) is 99.0 cm³/mol. The van der Waals surface area contributed by atoms with Crippen LogP contribution in [0.5, 0.6) is 0 Å². The monoisotopic (exact) mass is 310 g/mol. The van der Waals surface area contributed by atoms with Gasteiger partial charge in [-0.15, -0.1) is 0 Å². The van der Waals surface area contributed by atoms with Crippen molar-refractivity contribution in [1.29, 1.82) is 0 Å². The summed E-state index contributed by atoms with van der Waals surface area (Å²) in [6.45, 7) is 7.38. The Hall–Kier alpha value is -1.87. The maximum atomic E-state index is 5.68. The van der Waals surface area contributed by atoms with E-state index in [0.717, 1.165) is 30.2 Å². The molecule has 0 saturated heterocycles. The largest absolute Gasteiger partial charge is 0.332 e. The summed E-state index contributed by atoms with van der Waals surface area (Å²) < 4.78 is 0. The van der Waals surface area contributed by atoms with Crippen LogP contribution in [0.15, 0.2) is 36.4 Å². The number of hydrogen-bond acceptors (Lipinski definition) is 1. The van der Waals surface area contributed by atoms with Crippen molar-refractivity contribution < 1.29 is 0 Å². The van der Waals surface area contributed by atoms with Gasteiger partial charge in [-0.3, -0.25) is 0 Å². The van der Waals surface area contributed by atoms with Crippen molar-refractivity contribution in [3.05, 3.63) is 58.7 Å². The maximum Gasteiger partial charge on any atom is 0.177 e. The molecule has 0 unspecified atom stereocenters. The Morgan fingerprint density at radius 1 is 1.14 bits per heavy atom. The summed E-state index contributed by atoms with van der Waals surface area (Å²) in [5.41, 5.74) is 7.60. The highest BCUT2D eigenvalue weighted by Gasteiger charge is 2.20. The van der Waals surface area contributed by atoms with Gasteiger partial charge in [-0.25, -0.2) is 0 Å². The van der Waals surface area contributed by atoms with E-state index in [4.69, 9.17) is 12.2 Å². The van der Waals surface area contributed by atoms with Crippen molar-refractivity contribution in [3.8, 4) is 0 Å². The van der Waals surface area contributed by atoms with E-state index in [-0.39, 0.29) is 0 Å². The molecule has 0 saturated carbocycles. The van der Waals surface area contributed by atoms with Crippen LogP contribution < -0.4 is 10.2 Å². The molecule has 1 heterocycles. The molecule has 0 bridgehead atoms. The third-order valence-electron chi connectivity index (χ3n) is 4.45. The van der Waals surface area contributed by atoms with Gasteiger partial charge in [0, 0.05) is 17.9 Å². The molecule has 2 nitrogen and oxygen atoms in total. The number of benzene rings is 2. The molecule has 0 amide bonds. The van der Waals surface area contributed by atoms with Crippen LogP contribution >= 0.6 is 12.2 Å². The van der Waals surface area contributed by atoms with Gasteiger partial charge in [-0.1, -0.05) is 29.8 Å². The second kappa shape index (κ2) is 6.09. The lowest BCUT2D eigenvalue weighted by Gasteiger charge is -2.32. The van der Waals surface area contributed by atoms with E-state index >= 15 is 0 Å². The first-order valence-electron chi connectivity index (χ1n) is 7.80. The number of thiocarbonyl (C=S) groups is 1. The molecule has 114 valence electrons. The van der Waals surface area contributed by atoms with Gasteiger partial charge < -0.3 is 10.2 Å². The molecule has 0 spiro atoms. The minimum atomic E-state index is 0.790. The van der Waals surface area contributed by atoms with Crippen LogP contribution in [0.2, 0.25) is 0 Å². The van der Waals surface area contributed by atoms with Crippen molar-refractivity contribution in [2.24, 2.45) is 0 Å². The Bertz CT molecular complexity index is 721. The molecule has 2 aromatic rings. The van der Waals surface area contributed by atoms with E-state index in [1.165, 1.54) is 27.9 Å². The van der Waals surface area contributed by atoms with Crippen LogP contribution in [0, 0.1) is 20.8 Å². The summed E-state index contributed by atoms with van der Waals surface area (Å²) in [7, 11) is 0. The summed E-state index contributed by atoms with van der Waals surface area (Å²) in [6, 6.07) is 12.9. The summed E-state index contributed by atoms with van der Waals surface area (Å²) in [4.78, 5) is 2.23. The van der Waals surface area contributed by atoms with Crippen LogP contribution in [0.1, 0.15) is 28.7 Å². The molecule has 0 aromatic heterocycles. The normalized spacial score (nSPS) is 13.7. The fourth-order valence-corrected chi connectivity index (χ4v) is 3.31. The van der Waals surface area contributed by atoms with E-state index in [0.29, 0.717) is 0 Å². The SMILES string of the molecule is Cc1ccc2c(c1)CCCN2C(=S)Nc1cccc(C)c1C. The number of anilines is 2. The second-order valence-corrected chi connectivity index (χ2v) is 6.45. The molecule has 0 aliphatic carbocycles. The Morgan fingerprint density at radius 3 is 2.77 bits per heavy atom. The summed E-state index contributed by atoms with van der Waals surface area (Å²) in [5, 5.41) is 4.22. The quantitative estimate of drug-likeness (QED) is 0.764. The van der Waals surface area contributed by atoms with Gasteiger partial charge >= 0.3 is 0 Å². The van der Waals surface area contributed by atoms with E-state index in [1.54, 1.807) is 0 Å². The lowest BCUT2D eigenvalue weighted by molar-refractivity contribution is 0.780. The van der Waals surface area contributed by atoms with Crippen molar-refractivity contribution in [2.75, 3.05) is 16.8 Å². The van der Waals surface area contributed by atoms with Gasteiger partial charge in [0.2, 0.25) is 0 Å². The zero-order valence-corrected chi connectivity index (χ0v) is 14.3. The van der Waals surface area contributed by atoms with Gasteiger partial charge in [0.1, 0.15) is 0 Å². The molecule has 0 radical (unpaired) electrons. The average molecular weight is 310 g/mol. The van der Waals surface area contributed by atoms with Crippen molar-refractivity contribution in [3.63, 3.8) is 0 Å². The van der Waals surface area contributed by atoms with Crippen molar-refractivity contribution in [2.45, 2.75) is 33.6 Å². The maximum absolute atomic E-state index is 5.68. The first-order chi connectivity index (χ1) is 10.6. The van der Waals surface area contributed by atoms with E-state index in [2.05, 4.69) is 67.4 Å². The molecular formula is C19H22N2S. The number of nitrogens with zero attached hydrogens (tertiary/aromatic N) is 1. The van der Waals surface area contributed by atoms with E-state index < -0.39 is 0 Å². The third kappa shape index (κ3) is 2.86. The smallest absolute Gasteiger partial charge is 0.177 e. The zero-order chi connectivity index (χ0) is 15.7. The topological polar surface area (TPSA) is 15.3 Å².